The van der Waals surface area contributed by atoms with Crippen molar-refractivity contribution in [1.82, 2.24) is 0 Å². The fourth-order valence-electron chi connectivity index (χ4n) is 1.42. The highest BCUT2D eigenvalue weighted by atomic mass is 19.1. The maximum atomic E-state index is 13.3. The molecule has 0 aliphatic rings. The quantitative estimate of drug-likeness (QED) is 0.802. The van der Waals surface area contributed by atoms with Gasteiger partial charge in [-0.2, -0.15) is 0 Å². The molecule has 0 aliphatic carbocycles. The fourth-order valence-corrected chi connectivity index (χ4v) is 1.42. The summed E-state index contributed by atoms with van der Waals surface area (Å²) in [5, 5.41) is 8.73. The smallest absolute Gasteiger partial charge is 0.146 e. The molecule has 2 nitrogen and oxygen atoms in total. The van der Waals surface area contributed by atoms with Crippen LogP contribution in [0.25, 0.3) is 0 Å². The van der Waals surface area contributed by atoms with Gasteiger partial charge in [-0.05, 0) is 12.1 Å². The first-order valence-corrected chi connectivity index (χ1v) is 4.33. The summed E-state index contributed by atoms with van der Waals surface area (Å²) in [4.78, 5) is 1.50. The van der Waals surface area contributed by atoms with Gasteiger partial charge < -0.3 is 10.0 Å². The molecule has 4 heteroatoms. The highest BCUT2D eigenvalue weighted by Gasteiger charge is 2.14. The maximum absolute atomic E-state index is 13.3. The van der Waals surface area contributed by atoms with E-state index in [4.69, 9.17) is 5.11 Å². The first-order chi connectivity index (χ1) is 6.57. The second kappa shape index (κ2) is 4.37. The zero-order valence-electron chi connectivity index (χ0n) is 8.22. The summed E-state index contributed by atoms with van der Waals surface area (Å²) in [6, 6.07) is 2.17. The second-order valence-electron chi connectivity index (χ2n) is 3.22. The van der Waals surface area contributed by atoms with E-state index in [-0.39, 0.29) is 24.3 Å². The molecule has 0 bridgehead atoms. The number of anilines is 1. The molecule has 0 amide bonds. The Balaban J connectivity index is 3.26. The monoisotopic (exact) mass is 201 g/mol. The molecule has 0 spiro atoms. The predicted molar refractivity (Wildman–Crippen MR) is 51.5 cm³/mol. The molecular weight excluding hydrogens is 188 g/mol. The predicted octanol–water partition coefficient (Wildman–Crippen LogP) is 1.57. The Morgan fingerprint density at radius 2 is 1.79 bits per heavy atom. The van der Waals surface area contributed by atoms with Gasteiger partial charge in [0.15, 0.2) is 0 Å². The van der Waals surface area contributed by atoms with Gasteiger partial charge in [-0.1, -0.05) is 0 Å². The Bertz CT molecular complexity index is 326. The van der Waals surface area contributed by atoms with Crippen molar-refractivity contribution in [2.75, 3.05) is 25.6 Å². The van der Waals surface area contributed by atoms with Gasteiger partial charge in [0.25, 0.3) is 0 Å². The van der Waals surface area contributed by atoms with Gasteiger partial charge in [0.05, 0.1) is 5.69 Å². The third-order valence-electron chi connectivity index (χ3n) is 1.99. The highest BCUT2D eigenvalue weighted by Crippen LogP contribution is 2.25. The first-order valence-electron chi connectivity index (χ1n) is 4.33. The molecule has 0 heterocycles. The number of aliphatic hydroxyl groups is 1. The minimum atomic E-state index is -0.482. The van der Waals surface area contributed by atoms with Crippen LogP contribution >= 0.6 is 0 Å². The third-order valence-corrected chi connectivity index (χ3v) is 1.99. The molecule has 0 radical (unpaired) electrons. The van der Waals surface area contributed by atoms with Crippen molar-refractivity contribution in [2.24, 2.45) is 0 Å². The van der Waals surface area contributed by atoms with Crippen LogP contribution in [0.2, 0.25) is 0 Å². The SMILES string of the molecule is CN(C)c1c(F)ccc(F)c1CCO. The molecule has 0 atom stereocenters. The van der Waals surface area contributed by atoms with Crippen molar-refractivity contribution in [3.05, 3.63) is 29.3 Å². The van der Waals surface area contributed by atoms with Crippen LogP contribution in [-0.4, -0.2) is 25.8 Å². The van der Waals surface area contributed by atoms with Gasteiger partial charge in [0, 0.05) is 32.7 Å². The van der Waals surface area contributed by atoms with Crippen molar-refractivity contribution in [3.63, 3.8) is 0 Å². The molecule has 0 unspecified atom stereocenters. The Hall–Kier alpha value is -1.16. The number of nitrogens with zero attached hydrogens (tertiary/aromatic N) is 1. The number of rotatable bonds is 3. The van der Waals surface area contributed by atoms with Crippen LogP contribution in [0.15, 0.2) is 12.1 Å². The molecule has 0 saturated heterocycles. The molecular formula is C10H13F2NO. The van der Waals surface area contributed by atoms with Gasteiger partial charge in [-0.25, -0.2) is 8.78 Å². The van der Waals surface area contributed by atoms with Crippen LogP contribution in [0.4, 0.5) is 14.5 Å². The lowest BCUT2D eigenvalue weighted by atomic mass is 10.1. The van der Waals surface area contributed by atoms with Crippen LogP contribution in [0.1, 0.15) is 5.56 Å². The third kappa shape index (κ3) is 2.01. The zero-order chi connectivity index (χ0) is 10.7. The van der Waals surface area contributed by atoms with Crippen molar-refractivity contribution < 1.29 is 13.9 Å². The fraction of sp³-hybridized carbons (Fsp3) is 0.400. The number of benzene rings is 1. The summed E-state index contributed by atoms with van der Waals surface area (Å²) in [7, 11) is 3.28. The van der Waals surface area contributed by atoms with E-state index >= 15 is 0 Å². The van der Waals surface area contributed by atoms with Gasteiger partial charge in [-0.3, -0.25) is 0 Å². The minimum absolute atomic E-state index is 0.122. The molecule has 1 aromatic rings. The summed E-state index contributed by atoms with van der Waals surface area (Å²) in [5.74, 6) is -0.955. The van der Waals surface area contributed by atoms with E-state index in [1.807, 2.05) is 0 Å². The van der Waals surface area contributed by atoms with Crippen molar-refractivity contribution in [2.45, 2.75) is 6.42 Å². The lowest BCUT2D eigenvalue weighted by Gasteiger charge is -2.18. The Morgan fingerprint density at radius 1 is 1.21 bits per heavy atom. The van der Waals surface area contributed by atoms with Gasteiger partial charge in [-0.15, -0.1) is 0 Å². The summed E-state index contributed by atoms with van der Waals surface area (Å²) in [5.41, 5.74) is 0.427. The van der Waals surface area contributed by atoms with Crippen LogP contribution in [0.5, 0.6) is 0 Å². The molecule has 0 aromatic heterocycles. The van der Waals surface area contributed by atoms with Crippen LogP contribution in [0, 0.1) is 11.6 Å². The van der Waals surface area contributed by atoms with Gasteiger partial charge in [0.1, 0.15) is 11.6 Å². The Labute approximate surface area is 81.8 Å². The molecule has 78 valence electrons. The topological polar surface area (TPSA) is 23.5 Å². The van der Waals surface area contributed by atoms with Crippen LogP contribution in [-0.2, 0) is 6.42 Å². The lowest BCUT2D eigenvalue weighted by Crippen LogP contribution is -2.15. The van der Waals surface area contributed by atoms with E-state index in [2.05, 4.69) is 0 Å². The minimum Gasteiger partial charge on any atom is -0.396 e. The molecule has 0 fully saturated rings. The van der Waals surface area contributed by atoms with Crippen LogP contribution < -0.4 is 4.90 Å². The second-order valence-corrected chi connectivity index (χ2v) is 3.22. The summed E-state index contributed by atoms with van der Waals surface area (Å²) >= 11 is 0. The maximum Gasteiger partial charge on any atom is 0.146 e. The molecule has 0 saturated carbocycles. The molecule has 0 aliphatic heterocycles. The number of hydrogen-bond acceptors (Lipinski definition) is 2. The van der Waals surface area contributed by atoms with Gasteiger partial charge >= 0.3 is 0 Å². The molecule has 1 N–H and O–H groups in total. The van der Waals surface area contributed by atoms with E-state index in [0.717, 1.165) is 12.1 Å². The van der Waals surface area contributed by atoms with Crippen molar-refractivity contribution in [1.29, 1.82) is 0 Å². The summed E-state index contributed by atoms with van der Waals surface area (Å²) in [6.45, 7) is -0.193. The largest absolute Gasteiger partial charge is 0.396 e. The normalized spacial score (nSPS) is 10.4. The van der Waals surface area contributed by atoms with Gasteiger partial charge in [0.2, 0.25) is 0 Å². The average molecular weight is 201 g/mol. The van der Waals surface area contributed by atoms with E-state index in [1.165, 1.54) is 4.90 Å². The average Bonchev–Trinajstić information content (AvgIpc) is 2.11. The number of aliphatic hydroxyl groups excluding tert-OH is 1. The van der Waals surface area contributed by atoms with E-state index in [1.54, 1.807) is 14.1 Å². The first kappa shape index (κ1) is 10.9. The number of hydrogen-bond donors (Lipinski definition) is 1. The molecule has 14 heavy (non-hydrogen) atoms. The van der Waals surface area contributed by atoms with Crippen LogP contribution in [0.3, 0.4) is 0 Å². The highest BCUT2D eigenvalue weighted by molar-refractivity contribution is 5.54. The molecule has 1 rings (SSSR count). The number of halogens is 2. The Kier molecular flexibility index (Phi) is 3.41. The van der Waals surface area contributed by atoms with Crippen molar-refractivity contribution in [3.8, 4) is 0 Å². The van der Waals surface area contributed by atoms with E-state index < -0.39 is 11.6 Å². The Morgan fingerprint density at radius 3 is 2.29 bits per heavy atom. The van der Waals surface area contributed by atoms with E-state index in [0.29, 0.717) is 0 Å². The van der Waals surface area contributed by atoms with E-state index in [9.17, 15) is 8.78 Å². The standard InChI is InChI=1S/C10H13F2NO/c1-13(2)10-7(5-6-14)8(11)3-4-9(10)12/h3-4,14H,5-6H2,1-2H3. The summed E-state index contributed by atoms with van der Waals surface area (Å²) < 4.78 is 26.6. The lowest BCUT2D eigenvalue weighted by molar-refractivity contribution is 0.297. The summed E-state index contributed by atoms with van der Waals surface area (Å²) in [6.07, 6.45) is 0.122. The zero-order valence-corrected chi connectivity index (χ0v) is 8.22. The molecule has 1 aromatic carbocycles. The van der Waals surface area contributed by atoms with Crippen molar-refractivity contribution >= 4 is 5.69 Å².